The van der Waals surface area contributed by atoms with Gasteiger partial charge < -0.3 is 15.0 Å². The van der Waals surface area contributed by atoms with Crippen LogP contribution in [0.3, 0.4) is 0 Å². The van der Waals surface area contributed by atoms with E-state index in [1.165, 1.54) is 35.3 Å². The molecule has 2 N–H and O–H groups in total. The summed E-state index contributed by atoms with van der Waals surface area (Å²) in [5.41, 5.74) is 0.378. The molecule has 1 aromatic rings. The largest absolute Gasteiger partial charge is 0.465 e. The number of nitrogens with one attached hydrogen (secondary N) is 2. The lowest BCUT2D eigenvalue weighted by Crippen LogP contribution is -2.60. The number of nitrogens with zero attached hydrogens (tertiary/aromatic N) is 2. The van der Waals surface area contributed by atoms with Gasteiger partial charge in [0.15, 0.2) is 5.11 Å². The van der Waals surface area contributed by atoms with Crippen molar-refractivity contribution in [2.24, 2.45) is 5.92 Å². The van der Waals surface area contributed by atoms with Crippen LogP contribution >= 0.6 is 12.2 Å². The Kier molecular flexibility index (Phi) is 8.62. The number of carbonyl (C=O) groups is 3. The van der Waals surface area contributed by atoms with Crippen LogP contribution in [0.5, 0.6) is 0 Å². The topological polar surface area (TPSA) is 131 Å². The smallest absolute Gasteiger partial charge is 0.308 e. The average molecular weight is 449 g/mol. The second-order valence-electron chi connectivity index (χ2n) is 7.26. The van der Waals surface area contributed by atoms with Crippen molar-refractivity contribution in [3.8, 4) is 0 Å². The number of amides is 2. The first-order valence-corrected chi connectivity index (χ1v) is 10.1. The van der Waals surface area contributed by atoms with Crippen molar-refractivity contribution in [3.63, 3.8) is 0 Å². The Bertz CT molecular complexity index is 901. The van der Waals surface area contributed by atoms with Crippen LogP contribution in [0, 0.1) is 16.0 Å². The summed E-state index contributed by atoms with van der Waals surface area (Å²) in [4.78, 5) is 48.4. The van der Waals surface area contributed by atoms with Gasteiger partial charge in [-0.3, -0.25) is 29.8 Å². The Labute approximate surface area is 184 Å². The number of rotatable bonds is 7. The van der Waals surface area contributed by atoms with Crippen LogP contribution in [0.25, 0.3) is 6.08 Å². The van der Waals surface area contributed by atoms with Gasteiger partial charge in [0.25, 0.3) is 5.69 Å². The third kappa shape index (κ3) is 7.45. The van der Waals surface area contributed by atoms with Gasteiger partial charge in [0, 0.05) is 31.3 Å². The summed E-state index contributed by atoms with van der Waals surface area (Å²) in [6, 6.07) is 4.91. The van der Waals surface area contributed by atoms with Crippen molar-refractivity contribution in [1.82, 2.24) is 15.5 Å². The Morgan fingerprint density at radius 1 is 1.45 bits per heavy atom. The molecule has 0 aromatic heterocycles. The van der Waals surface area contributed by atoms with E-state index in [-0.39, 0.29) is 35.7 Å². The Morgan fingerprint density at radius 3 is 2.87 bits per heavy atom. The molecule has 11 heteroatoms. The van der Waals surface area contributed by atoms with Crippen LogP contribution in [0.15, 0.2) is 30.3 Å². The molecule has 1 aliphatic rings. The van der Waals surface area contributed by atoms with Crippen molar-refractivity contribution in [3.05, 3.63) is 46.0 Å². The average Bonchev–Trinajstić information content (AvgIpc) is 2.72. The molecule has 1 saturated heterocycles. The molecule has 10 nitrogen and oxygen atoms in total. The number of nitro benzene ring substituents is 1. The van der Waals surface area contributed by atoms with Crippen molar-refractivity contribution in [2.75, 3.05) is 19.7 Å². The number of benzene rings is 1. The second-order valence-corrected chi connectivity index (χ2v) is 7.65. The molecular formula is C20H24N4O6S. The first-order valence-electron chi connectivity index (χ1n) is 9.65. The minimum Gasteiger partial charge on any atom is -0.465 e. The summed E-state index contributed by atoms with van der Waals surface area (Å²) in [6.07, 6.45) is 2.40. The SMILES string of the molecule is CC(C)COC(=O)CC1C(=O)NCCN1C(=S)NC(=O)/C=C/c1cccc([N+](=O)[O-])c1. The first kappa shape index (κ1) is 23.9. The van der Waals surface area contributed by atoms with E-state index in [9.17, 15) is 24.5 Å². The highest BCUT2D eigenvalue weighted by molar-refractivity contribution is 7.80. The lowest BCUT2D eigenvalue weighted by atomic mass is 10.1. The summed E-state index contributed by atoms with van der Waals surface area (Å²) in [7, 11) is 0. The normalized spacial score (nSPS) is 16.2. The monoisotopic (exact) mass is 448 g/mol. The number of non-ortho nitro benzene ring substituents is 1. The first-order chi connectivity index (χ1) is 14.7. The van der Waals surface area contributed by atoms with E-state index in [4.69, 9.17) is 17.0 Å². The van der Waals surface area contributed by atoms with E-state index in [2.05, 4.69) is 10.6 Å². The summed E-state index contributed by atoms with van der Waals surface area (Å²) in [6.45, 7) is 4.69. The van der Waals surface area contributed by atoms with Gasteiger partial charge >= 0.3 is 5.97 Å². The number of piperazine rings is 1. The summed E-state index contributed by atoms with van der Waals surface area (Å²) < 4.78 is 5.14. The molecule has 1 fully saturated rings. The van der Waals surface area contributed by atoms with Crippen molar-refractivity contribution >= 4 is 46.9 Å². The maximum Gasteiger partial charge on any atom is 0.308 e. The zero-order valence-electron chi connectivity index (χ0n) is 17.2. The molecule has 1 aromatic carbocycles. The van der Waals surface area contributed by atoms with E-state index in [1.54, 1.807) is 6.07 Å². The van der Waals surface area contributed by atoms with Crippen molar-refractivity contribution in [2.45, 2.75) is 26.3 Å². The third-order valence-electron chi connectivity index (χ3n) is 4.27. The molecule has 0 bridgehead atoms. The number of hydrogen-bond acceptors (Lipinski definition) is 7. The number of hydrogen-bond donors (Lipinski definition) is 2. The van der Waals surface area contributed by atoms with E-state index in [1.807, 2.05) is 13.8 Å². The van der Waals surface area contributed by atoms with Gasteiger partial charge in [0.1, 0.15) is 6.04 Å². The van der Waals surface area contributed by atoms with Crippen LogP contribution in [0.1, 0.15) is 25.8 Å². The van der Waals surface area contributed by atoms with Gasteiger partial charge in [-0.05, 0) is 29.8 Å². The lowest BCUT2D eigenvalue weighted by Gasteiger charge is -2.36. The highest BCUT2D eigenvalue weighted by Crippen LogP contribution is 2.14. The molecule has 2 rings (SSSR count). The number of carbonyl (C=O) groups excluding carboxylic acids is 3. The van der Waals surface area contributed by atoms with Gasteiger partial charge in [-0.1, -0.05) is 26.0 Å². The maximum atomic E-state index is 12.3. The quantitative estimate of drug-likeness (QED) is 0.210. The lowest BCUT2D eigenvalue weighted by molar-refractivity contribution is -0.384. The summed E-state index contributed by atoms with van der Waals surface area (Å²) in [5.74, 6) is -1.31. The van der Waals surface area contributed by atoms with E-state index in [0.29, 0.717) is 18.7 Å². The van der Waals surface area contributed by atoms with Crippen molar-refractivity contribution in [1.29, 1.82) is 0 Å². The molecular weight excluding hydrogens is 424 g/mol. The summed E-state index contributed by atoms with van der Waals surface area (Å²) in [5, 5.41) is 16.0. The number of esters is 1. The van der Waals surface area contributed by atoms with Crippen molar-refractivity contribution < 1.29 is 24.0 Å². The molecule has 1 aliphatic heterocycles. The molecule has 166 valence electrons. The van der Waals surface area contributed by atoms with Gasteiger partial charge in [-0.25, -0.2) is 0 Å². The maximum absolute atomic E-state index is 12.3. The van der Waals surface area contributed by atoms with Crippen LogP contribution in [-0.4, -0.2) is 58.5 Å². The fourth-order valence-electron chi connectivity index (χ4n) is 2.77. The van der Waals surface area contributed by atoms with Crippen LogP contribution in [-0.2, 0) is 19.1 Å². The number of nitro groups is 1. The zero-order chi connectivity index (χ0) is 23.0. The predicted molar refractivity (Wildman–Crippen MR) is 117 cm³/mol. The second kappa shape index (κ2) is 11.2. The van der Waals surface area contributed by atoms with Gasteiger partial charge in [-0.15, -0.1) is 0 Å². The molecule has 0 radical (unpaired) electrons. The van der Waals surface area contributed by atoms with E-state index >= 15 is 0 Å². The minimum absolute atomic E-state index is 0.00482. The molecule has 1 atom stereocenters. The van der Waals surface area contributed by atoms with E-state index < -0.39 is 22.8 Å². The Morgan fingerprint density at radius 2 is 2.19 bits per heavy atom. The van der Waals surface area contributed by atoms with Gasteiger partial charge in [0.2, 0.25) is 11.8 Å². The highest BCUT2D eigenvalue weighted by atomic mass is 32.1. The number of ether oxygens (including phenoxy) is 1. The fraction of sp³-hybridized carbons (Fsp3) is 0.400. The molecule has 1 heterocycles. The van der Waals surface area contributed by atoms with Crippen LogP contribution in [0.4, 0.5) is 5.69 Å². The number of thiocarbonyl (C=S) groups is 1. The zero-order valence-corrected chi connectivity index (χ0v) is 18.0. The predicted octanol–water partition coefficient (Wildman–Crippen LogP) is 1.40. The van der Waals surface area contributed by atoms with Gasteiger partial charge in [0.05, 0.1) is 18.0 Å². The molecule has 1 unspecified atom stereocenters. The molecule has 2 amide bonds. The molecule has 0 spiro atoms. The Balaban J connectivity index is 2.00. The highest BCUT2D eigenvalue weighted by Gasteiger charge is 2.34. The van der Waals surface area contributed by atoms with Gasteiger partial charge in [-0.2, -0.15) is 0 Å². The molecule has 0 saturated carbocycles. The minimum atomic E-state index is -0.887. The van der Waals surface area contributed by atoms with E-state index in [0.717, 1.165) is 0 Å². The molecule has 31 heavy (non-hydrogen) atoms. The summed E-state index contributed by atoms with van der Waals surface area (Å²) >= 11 is 5.26. The van der Waals surface area contributed by atoms with Crippen LogP contribution in [0.2, 0.25) is 0 Å². The fourth-order valence-corrected chi connectivity index (χ4v) is 3.09. The van der Waals surface area contributed by atoms with Crippen LogP contribution < -0.4 is 10.6 Å². The third-order valence-corrected chi connectivity index (χ3v) is 4.60. The standard InChI is InChI=1S/C20H24N4O6S/c1-13(2)12-30-18(26)11-16-19(27)21-8-9-23(16)20(31)22-17(25)7-6-14-4-3-5-15(10-14)24(28)29/h3-7,10,13,16H,8-9,11-12H2,1-2H3,(H,21,27)(H,22,25,31)/b7-6+. The Hall–Kier alpha value is -3.34. The molecule has 0 aliphatic carbocycles.